The van der Waals surface area contributed by atoms with E-state index in [0.717, 1.165) is 16.9 Å². The Labute approximate surface area is 411 Å². The van der Waals surface area contributed by atoms with Crippen LogP contribution in [0.25, 0.3) is 0 Å². The zero-order chi connectivity index (χ0) is 54.0. The number of rotatable bonds is 19. The van der Waals surface area contributed by atoms with E-state index in [1.807, 2.05) is 41.5 Å². The predicted octanol–water partition coefficient (Wildman–Crippen LogP) is 1.77. The number of hydrogen-bond donors (Lipinski definition) is 0. The molecule has 0 aromatic rings. The smallest absolute Gasteiger partial charge is 0.330 e. The summed E-state index contributed by atoms with van der Waals surface area (Å²) >= 11 is 1.50. The van der Waals surface area contributed by atoms with Gasteiger partial charge in [-0.05, 0) is 29.9 Å². The first kappa shape index (κ1) is 57.0. The Balaban J connectivity index is 0.000000282. The van der Waals surface area contributed by atoms with Gasteiger partial charge < -0.3 is 14.5 Å². The van der Waals surface area contributed by atoms with Gasteiger partial charge in [0.15, 0.2) is 5.25 Å². The van der Waals surface area contributed by atoms with Crippen molar-refractivity contribution in [1.29, 1.82) is 0 Å². The number of nitrogens with zero attached hydrogens (tertiary/aromatic N) is 5. The molecule has 5 rings (SSSR count). The van der Waals surface area contributed by atoms with E-state index < -0.39 is 87.0 Å². The lowest BCUT2D eigenvalue weighted by atomic mass is 9.94. The molecule has 24 nitrogen and oxygen atoms in total. The summed E-state index contributed by atoms with van der Waals surface area (Å²) in [6.45, 7) is 16.2. The molecule has 5 heterocycles. The highest BCUT2D eigenvalue weighted by Crippen LogP contribution is 2.29. The highest BCUT2D eigenvalue weighted by Gasteiger charge is 2.45. The number of amides is 10. The van der Waals surface area contributed by atoms with Gasteiger partial charge in [0.1, 0.15) is 0 Å². The lowest BCUT2D eigenvalue weighted by Crippen LogP contribution is -2.41. The summed E-state index contributed by atoms with van der Waals surface area (Å²) in [6.07, 6.45) is -1.56. The summed E-state index contributed by atoms with van der Waals surface area (Å²) in [5.74, 6) is -9.64. The largest absolute Gasteiger partial charge is 0.353 e. The van der Waals surface area contributed by atoms with Gasteiger partial charge in [-0.3, -0.25) is 61.9 Å². The van der Waals surface area contributed by atoms with Crippen LogP contribution in [0.5, 0.6) is 0 Å². The zero-order valence-corrected chi connectivity index (χ0v) is 42.5. The number of likely N-dealkylation sites (tertiary alicyclic amines) is 2. The van der Waals surface area contributed by atoms with E-state index in [-0.39, 0.29) is 129 Å². The SMILES string of the molecule is CC1CC(=O)N(OC(=O)CCN2C(=O)CC(C(C)C)C2=O)C1=O.COS(=O)(=O)C(CC(C)SC(C)C)C(=O)ON1C(=O)CC(C)C1=O.[2H]C1CC(=O)N(OC(=O)CCCN2C(=O)CC(C(C)C)C2=O)C1=O. The first-order chi connectivity index (χ1) is 32.9. The lowest BCUT2D eigenvalue weighted by Gasteiger charge is -2.21. The molecule has 7 atom stereocenters. The summed E-state index contributed by atoms with van der Waals surface area (Å²) in [6, 6.07) is 0. The van der Waals surface area contributed by atoms with Gasteiger partial charge in [0.25, 0.3) is 45.6 Å². The Kier molecular flexibility index (Phi) is 20.7. The van der Waals surface area contributed by atoms with Gasteiger partial charge in [-0.25, -0.2) is 14.4 Å². The Morgan fingerprint density at radius 1 is 0.614 bits per heavy atom. The Bertz CT molecular complexity index is 2260. The molecule has 0 aliphatic carbocycles. The molecule has 0 N–H and O–H groups in total. The molecule has 0 aromatic carbocycles. The highest BCUT2D eigenvalue weighted by molar-refractivity contribution is 8.00. The molecule has 7 unspecified atom stereocenters. The molecule has 10 amide bonds. The normalized spacial score (nSPS) is 23.9. The Morgan fingerprint density at radius 2 is 1.07 bits per heavy atom. The van der Waals surface area contributed by atoms with Gasteiger partial charge in [0, 0.05) is 88.3 Å². The van der Waals surface area contributed by atoms with Crippen LogP contribution in [-0.4, -0.2) is 146 Å². The van der Waals surface area contributed by atoms with Crippen LogP contribution in [0.4, 0.5) is 0 Å². The molecule has 0 bridgehead atoms. The van der Waals surface area contributed by atoms with Crippen LogP contribution in [-0.2, 0) is 91.1 Å². The van der Waals surface area contributed by atoms with Crippen molar-refractivity contribution in [2.75, 3.05) is 20.2 Å². The highest BCUT2D eigenvalue weighted by atomic mass is 32.2. The minimum atomic E-state index is -4.22. The molecule has 0 aromatic heterocycles. The third-order valence-corrected chi connectivity index (χ3v) is 14.2. The van der Waals surface area contributed by atoms with Crippen molar-refractivity contribution in [2.24, 2.45) is 35.5 Å². The fourth-order valence-electron chi connectivity index (χ4n) is 7.49. The molecule has 390 valence electrons. The minimum Gasteiger partial charge on any atom is -0.330 e. The predicted molar refractivity (Wildman–Crippen MR) is 240 cm³/mol. The summed E-state index contributed by atoms with van der Waals surface area (Å²) in [5.41, 5.74) is 0. The molecule has 0 spiro atoms. The van der Waals surface area contributed by atoms with Gasteiger partial charge >= 0.3 is 17.9 Å². The van der Waals surface area contributed by atoms with Gasteiger partial charge in [-0.1, -0.05) is 62.3 Å². The second-order valence-corrected chi connectivity index (χ2v) is 22.1. The lowest BCUT2D eigenvalue weighted by molar-refractivity contribution is -0.198. The number of imide groups is 5. The van der Waals surface area contributed by atoms with Crippen molar-refractivity contribution in [2.45, 2.75) is 142 Å². The van der Waals surface area contributed by atoms with Crippen LogP contribution in [0.15, 0.2) is 0 Å². The molecule has 5 aliphatic heterocycles. The molecule has 26 heteroatoms. The maximum Gasteiger partial charge on any atom is 0.353 e. The van der Waals surface area contributed by atoms with Gasteiger partial charge in [-0.15, -0.1) is 15.2 Å². The molecular formula is C44H63N5O19S2. The zero-order valence-electron chi connectivity index (χ0n) is 41.9. The molecule has 5 aliphatic rings. The summed E-state index contributed by atoms with van der Waals surface area (Å²) in [7, 11) is -3.27. The van der Waals surface area contributed by atoms with Crippen LogP contribution < -0.4 is 0 Å². The summed E-state index contributed by atoms with van der Waals surface area (Å²) < 4.78 is 35.8. The average Bonchev–Trinajstić information content (AvgIpc) is 3.97. The van der Waals surface area contributed by atoms with Gasteiger partial charge in [-0.2, -0.15) is 20.2 Å². The monoisotopic (exact) mass is 1030 g/mol. The minimum absolute atomic E-state index is 0.00524. The maximum atomic E-state index is 12.3. The third-order valence-electron chi connectivity index (χ3n) is 11.5. The van der Waals surface area contributed by atoms with Crippen LogP contribution >= 0.6 is 11.8 Å². The number of thioether (sulfide) groups is 1. The number of carbonyl (C=O) groups excluding carboxylic acids is 13. The van der Waals surface area contributed by atoms with Crippen LogP contribution in [0.3, 0.4) is 0 Å². The molecule has 0 radical (unpaired) electrons. The van der Waals surface area contributed by atoms with Crippen LogP contribution in [0, 0.1) is 35.5 Å². The molecule has 70 heavy (non-hydrogen) atoms. The fraction of sp³-hybridized carbons (Fsp3) is 0.705. The third kappa shape index (κ3) is 15.4. The van der Waals surface area contributed by atoms with E-state index in [1.165, 1.54) is 18.7 Å². The van der Waals surface area contributed by atoms with Crippen molar-refractivity contribution in [3.05, 3.63) is 0 Å². The fourth-order valence-corrected chi connectivity index (χ4v) is 9.88. The van der Waals surface area contributed by atoms with Crippen molar-refractivity contribution >= 4 is 98.9 Å². The summed E-state index contributed by atoms with van der Waals surface area (Å²) in [4.78, 5) is 170. The second kappa shape index (κ2) is 25.5. The van der Waals surface area contributed by atoms with Crippen LogP contribution in [0.2, 0.25) is 0 Å². The standard InChI is InChI=1S/2C15H20N2O6.C14H23NO7S2/c1-8(2)10-7-11(18)16(15(10)22)5-4-13(20)23-17-12(19)6-9(3)14(17)21;1-9(2)10-8-13(20)16(15(10)22)7-3-4-14(21)23-17-11(18)5-6-12(17)19;1-8(2)23-10(4)7-11(24(19,20)21-5)14(18)22-15-12(16)6-9(3)13(15)17/h8-10H,4-7H2,1-3H3;9-10H,3-8H2,1-2H3;8-11H,6-7H2,1-5H3/i;5D;. The van der Waals surface area contributed by atoms with E-state index in [4.69, 9.17) is 11.0 Å². The second-order valence-electron chi connectivity index (χ2n) is 18.1. The van der Waals surface area contributed by atoms with E-state index >= 15 is 0 Å². The van der Waals surface area contributed by atoms with E-state index in [1.54, 1.807) is 13.8 Å². The van der Waals surface area contributed by atoms with E-state index in [9.17, 15) is 70.7 Å². The molecule has 5 fully saturated rings. The van der Waals surface area contributed by atoms with E-state index in [2.05, 4.69) is 9.02 Å². The van der Waals surface area contributed by atoms with Crippen LogP contribution in [0.1, 0.15) is 128 Å². The quantitative estimate of drug-likeness (QED) is 0.131. The first-order valence-corrected chi connectivity index (χ1v) is 25.1. The van der Waals surface area contributed by atoms with Crippen molar-refractivity contribution in [1.82, 2.24) is 25.0 Å². The first-order valence-electron chi connectivity index (χ1n) is 23.3. The van der Waals surface area contributed by atoms with Crippen molar-refractivity contribution in [3.63, 3.8) is 0 Å². The Morgan fingerprint density at radius 3 is 1.47 bits per heavy atom. The molecule has 0 saturated carbocycles. The van der Waals surface area contributed by atoms with Gasteiger partial charge in [0.2, 0.25) is 23.6 Å². The van der Waals surface area contributed by atoms with Crippen molar-refractivity contribution in [3.8, 4) is 0 Å². The topological polar surface area (TPSA) is 309 Å². The van der Waals surface area contributed by atoms with E-state index in [0.29, 0.717) is 15.2 Å². The van der Waals surface area contributed by atoms with Gasteiger partial charge in [0.05, 0.1) is 13.5 Å². The average molecular weight is 1030 g/mol. The maximum absolute atomic E-state index is 12.3. The van der Waals surface area contributed by atoms with Crippen molar-refractivity contribution < 1.29 is 90.8 Å². The Hall–Kier alpha value is -5.63. The number of hydrogen-bond acceptors (Lipinski definition) is 20. The number of carbonyl (C=O) groups is 13. The molecular weight excluding hydrogens is 967 g/mol. The number of hydroxylamine groups is 6. The summed E-state index contributed by atoms with van der Waals surface area (Å²) in [5, 5.41) is -0.398. The molecule has 5 saturated heterocycles.